The highest BCUT2D eigenvalue weighted by atomic mass is 32.1. The number of aryl methyl sites for hydroxylation is 1. The quantitative estimate of drug-likeness (QED) is 0.563. The SMILES string of the molecule is COCCOCCCCn1c(=S)[nH]c2c(OC)ncnc21. The van der Waals surface area contributed by atoms with E-state index in [1.165, 1.54) is 6.33 Å². The number of methoxy groups -OCH3 is 2. The van der Waals surface area contributed by atoms with Gasteiger partial charge in [-0.15, -0.1) is 0 Å². The normalized spacial score (nSPS) is 11.1. The number of H-pyrrole nitrogens is 1. The van der Waals surface area contributed by atoms with Crippen LogP contribution in [-0.4, -0.2) is 53.6 Å². The van der Waals surface area contributed by atoms with Gasteiger partial charge in [0.05, 0.1) is 20.3 Å². The number of aromatic nitrogens is 4. The third-order valence-electron chi connectivity index (χ3n) is 3.07. The molecule has 2 aromatic rings. The van der Waals surface area contributed by atoms with Gasteiger partial charge in [0.25, 0.3) is 0 Å². The van der Waals surface area contributed by atoms with Gasteiger partial charge < -0.3 is 23.8 Å². The van der Waals surface area contributed by atoms with Crippen LogP contribution in [0, 0.1) is 4.77 Å². The maximum Gasteiger partial charge on any atom is 0.242 e. The Kier molecular flexibility index (Phi) is 6.09. The maximum atomic E-state index is 5.43. The van der Waals surface area contributed by atoms with Crippen LogP contribution in [0.1, 0.15) is 12.8 Å². The summed E-state index contributed by atoms with van der Waals surface area (Å²) in [6, 6.07) is 0. The summed E-state index contributed by atoms with van der Waals surface area (Å²) < 4.78 is 18.1. The van der Waals surface area contributed by atoms with Crippen molar-refractivity contribution in [3.05, 3.63) is 11.1 Å². The average molecular weight is 312 g/mol. The Morgan fingerprint density at radius 2 is 2.05 bits per heavy atom. The fourth-order valence-electron chi connectivity index (χ4n) is 2.03. The third-order valence-corrected chi connectivity index (χ3v) is 3.39. The van der Waals surface area contributed by atoms with Crippen LogP contribution in [0.2, 0.25) is 0 Å². The lowest BCUT2D eigenvalue weighted by Gasteiger charge is -2.05. The lowest BCUT2D eigenvalue weighted by atomic mass is 10.3. The van der Waals surface area contributed by atoms with E-state index < -0.39 is 0 Å². The summed E-state index contributed by atoms with van der Waals surface area (Å²) >= 11 is 5.33. The first kappa shape index (κ1) is 15.9. The van der Waals surface area contributed by atoms with Crippen LogP contribution in [0.3, 0.4) is 0 Å². The number of fused-ring (bicyclic) bond motifs is 1. The number of nitrogens with zero attached hydrogens (tertiary/aromatic N) is 3. The minimum absolute atomic E-state index is 0.507. The molecule has 8 heteroatoms. The summed E-state index contributed by atoms with van der Waals surface area (Å²) in [6.45, 7) is 2.77. The van der Waals surface area contributed by atoms with Crippen molar-refractivity contribution < 1.29 is 14.2 Å². The number of unbranched alkanes of at least 4 members (excludes halogenated alkanes) is 1. The molecule has 2 aromatic heterocycles. The van der Waals surface area contributed by atoms with Gasteiger partial charge in [0.1, 0.15) is 11.8 Å². The van der Waals surface area contributed by atoms with Gasteiger partial charge in [-0.25, -0.2) is 4.98 Å². The first-order valence-corrected chi connectivity index (χ1v) is 7.23. The Morgan fingerprint density at radius 3 is 2.81 bits per heavy atom. The fourth-order valence-corrected chi connectivity index (χ4v) is 2.31. The van der Waals surface area contributed by atoms with Gasteiger partial charge >= 0.3 is 0 Å². The minimum Gasteiger partial charge on any atom is -0.479 e. The lowest BCUT2D eigenvalue weighted by Crippen LogP contribution is -2.05. The summed E-state index contributed by atoms with van der Waals surface area (Å²) in [6.07, 6.45) is 3.40. The number of nitrogens with one attached hydrogen (secondary N) is 1. The zero-order valence-electron chi connectivity index (χ0n) is 12.3. The molecule has 116 valence electrons. The van der Waals surface area contributed by atoms with Crippen LogP contribution in [0.25, 0.3) is 11.2 Å². The van der Waals surface area contributed by atoms with Crippen molar-refractivity contribution in [2.75, 3.05) is 34.0 Å². The molecule has 0 aromatic carbocycles. The first-order valence-electron chi connectivity index (χ1n) is 6.82. The van der Waals surface area contributed by atoms with Crippen molar-refractivity contribution in [1.82, 2.24) is 19.5 Å². The Hall–Kier alpha value is -1.51. The van der Waals surface area contributed by atoms with E-state index in [2.05, 4.69) is 15.0 Å². The predicted molar refractivity (Wildman–Crippen MR) is 81.2 cm³/mol. The molecule has 0 atom stereocenters. The average Bonchev–Trinajstić information content (AvgIpc) is 2.82. The van der Waals surface area contributed by atoms with Crippen LogP contribution in [0.15, 0.2) is 6.33 Å². The van der Waals surface area contributed by atoms with Crippen molar-refractivity contribution in [2.45, 2.75) is 19.4 Å². The van der Waals surface area contributed by atoms with Gasteiger partial charge in [0.15, 0.2) is 10.4 Å². The molecule has 1 N–H and O–H groups in total. The number of imidazole rings is 1. The Bertz CT molecular complexity index is 625. The van der Waals surface area contributed by atoms with Crippen molar-refractivity contribution in [1.29, 1.82) is 0 Å². The van der Waals surface area contributed by atoms with Gasteiger partial charge in [-0.2, -0.15) is 4.98 Å². The van der Waals surface area contributed by atoms with Crippen LogP contribution in [0.4, 0.5) is 0 Å². The molecular formula is C13H20N4O3S. The molecule has 0 aliphatic rings. The predicted octanol–water partition coefficient (Wildman–Crippen LogP) is 1.94. The largest absolute Gasteiger partial charge is 0.479 e. The topological polar surface area (TPSA) is 74.2 Å². The molecule has 2 rings (SSSR count). The molecule has 21 heavy (non-hydrogen) atoms. The van der Waals surface area contributed by atoms with Gasteiger partial charge in [-0.3, -0.25) is 0 Å². The summed E-state index contributed by atoms with van der Waals surface area (Å²) in [4.78, 5) is 11.4. The second kappa shape index (κ2) is 8.06. The highest BCUT2D eigenvalue weighted by Crippen LogP contribution is 2.20. The van der Waals surface area contributed by atoms with E-state index >= 15 is 0 Å². The molecule has 2 heterocycles. The zero-order chi connectivity index (χ0) is 15.1. The molecule has 0 amide bonds. The Balaban J connectivity index is 1.93. The van der Waals surface area contributed by atoms with E-state index in [9.17, 15) is 0 Å². The van der Waals surface area contributed by atoms with Crippen molar-refractivity contribution in [3.63, 3.8) is 0 Å². The van der Waals surface area contributed by atoms with Gasteiger partial charge in [0, 0.05) is 20.3 Å². The first-order chi connectivity index (χ1) is 10.3. The second-order valence-electron chi connectivity index (χ2n) is 4.48. The van der Waals surface area contributed by atoms with Crippen LogP contribution in [-0.2, 0) is 16.0 Å². The second-order valence-corrected chi connectivity index (χ2v) is 4.86. The van der Waals surface area contributed by atoms with Crippen molar-refractivity contribution in [3.8, 4) is 5.88 Å². The minimum atomic E-state index is 0.507. The molecule has 0 aliphatic carbocycles. The fraction of sp³-hybridized carbons (Fsp3) is 0.615. The van der Waals surface area contributed by atoms with Gasteiger partial charge in [-0.1, -0.05) is 0 Å². The van der Waals surface area contributed by atoms with E-state index in [4.69, 9.17) is 26.4 Å². The monoisotopic (exact) mass is 312 g/mol. The van der Waals surface area contributed by atoms with Crippen LogP contribution < -0.4 is 4.74 Å². The summed E-state index contributed by atoms with van der Waals surface area (Å²) in [5.74, 6) is 0.507. The molecule has 0 saturated carbocycles. The number of hydrogen-bond acceptors (Lipinski definition) is 6. The molecule has 0 spiro atoms. The van der Waals surface area contributed by atoms with E-state index in [1.54, 1.807) is 14.2 Å². The standard InChI is InChI=1S/C13H20N4O3S/c1-18-7-8-20-6-4-3-5-17-11-10(16-13(17)21)12(19-2)15-9-14-11/h9H,3-8H2,1-2H3,(H,16,21). The molecule has 0 aliphatic heterocycles. The Labute approximate surface area is 128 Å². The van der Waals surface area contributed by atoms with Crippen molar-refractivity contribution in [2.24, 2.45) is 0 Å². The third kappa shape index (κ3) is 3.99. The smallest absolute Gasteiger partial charge is 0.242 e. The molecule has 0 fully saturated rings. The van der Waals surface area contributed by atoms with Crippen LogP contribution >= 0.6 is 12.2 Å². The number of hydrogen-bond donors (Lipinski definition) is 1. The number of rotatable bonds is 9. The summed E-state index contributed by atoms with van der Waals surface area (Å²) in [5.41, 5.74) is 1.51. The number of ether oxygens (including phenoxy) is 3. The summed E-state index contributed by atoms with van der Waals surface area (Å²) in [5, 5.41) is 0. The molecule has 0 radical (unpaired) electrons. The van der Waals surface area contributed by atoms with E-state index in [-0.39, 0.29) is 0 Å². The molecular weight excluding hydrogens is 292 g/mol. The van der Waals surface area contributed by atoms with E-state index in [0.29, 0.717) is 23.9 Å². The lowest BCUT2D eigenvalue weighted by molar-refractivity contribution is 0.0684. The van der Waals surface area contributed by atoms with Gasteiger partial charge in [-0.05, 0) is 25.1 Å². The molecule has 0 unspecified atom stereocenters. The van der Waals surface area contributed by atoms with E-state index in [1.807, 2.05) is 4.57 Å². The molecule has 0 bridgehead atoms. The molecule has 7 nitrogen and oxygen atoms in total. The van der Waals surface area contributed by atoms with E-state index in [0.717, 1.165) is 37.2 Å². The van der Waals surface area contributed by atoms with Crippen LogP contribution in [0.5, 0.6) is 5.88 Å². The highest BCUT2D eigenvalue weighted by molar-refractivity contribution is 7.71. The van der Waals surface area contributed by atoms with Gasteiger partial charge in [0.2, 0.25) is 5.88 Å². The molecule has 0 saturated heterocycles. The summed E-state index contributed by atoms with van der Waals surface area (Å²) in [7, 11) is 3.24. The zero-order valence-corrected chi connectivity index (χ0v) is 13.1. The van der Waals surface area contributed by atoms with Crippen molar-refractivity contribution >= 4 is 23.4 Å². The maximum absolute atomic E-state index is 5.43. The number of aromatic amines is 1. The highest BCUT2D eigenvalue weighted by Gasteiger charge is 2.10. The Morgan fingerprint density at radius 1 is 1.19 bits per heavy atom.